The maximum atomic E-state index is 12.5. The average molecular weight is 383 g/mol. The zero-order chi connectivity index (χ0) is 17.9. The number of hydrogen-bond donors (Lipinski definition) is 1. The van der Waals surface area contributed by atoms with E-state index in [2.05, 4.69) is 10.3 Å². The molecule has 0 spiro atoms. The van der Waals surface area contributed by atoms with Crippen LogP contribution in [0, 0.1) is 0 Å². The maximum absolute atomic E-state index is 12.5. The average Bonchev–Trinajstić information content (AvgIpc) is 3.38. The molecule has 1 aliphatic heterocycles. The van der Waals surface area contributed by atoms with Crippen molar-refractivity contribution in [3.63, 3.8) is 0 Å². The predicted octanol–water partition coefficient (Wildman–Crippen LogP) is 4.25. The van der Waals surface area contributed by atoms with Gasteiger partial charge in [0.2, 0.25) is 5.91 Å². The number of anilines is 1. The molecule has 5 nitrogen and oxygen atoms in total. The van der Waals surface area contributed by atoms with Gasteiger partial charge in [-0.25, -0.2) is 4.98 Å². The zero-order valence-corrected chi connectivity index (χ0v) is 15.6. The number of nitrogens with one attached hydrogen (secondary N) is 1. The number of thiazole rings is 1. The lowest BCUT2D eigenvalue weighted by atomic mass is 10.1. The molecule has 4 rings (SSSR count). The second-order valence-electron chi connectivity index (χ2n) is 6.09. The highest BCUT2D eigenvalue weighted by Crippen LogP contribution is 2.28. The molecule has 1 aliphatic rings. The van der Waals surface area contributed by atoms with Crippen LogP contribution in [0.4, 0.5) is 5.13 Å². The minimum Gasteiger partial charge on any atom is -0.338 e. The Morgan fingerprint density at radius 3 is 2.92 bits per heavy atom. The molecule has 7 heteroatoms. The number of rotatable bonds is 5. The van der Waals surface area contributed by atoms with E-state index in [4.69, 9.17) is 0 Å². The van der Waals surface area contributed by atoms with Crippen LogP contribution in [0.15, 0.2) is 47.2 Å². The number of nitrogens with zero attached hydrogens (tertiary/aromatic N) is 2. The van der Waals surface area contributed by atoms with E-state index in [0.717, 1.165) is 29.1 Å². The largest absolute Gasteiger partial charge is 0.338 e. The Bertz CT molecular complexity index is 934. The first-order chi connectivity index (χ1) is 12.7. The summed E-state index contributed by atoms with van der Waals surface area (Å²) in [6.45, 7) is 1.35. The zero-order valence-electron chi connectivity index (χ0n) is 14.0. The van der Waals surface area contributed by atoms with Crippen LogP contribution in [0.2, 0.25) is 0 Å². The van der Waals surface area contributed by atoms with Gasteiger partial charge in [0.05, 0.1) is 10.6 Å². The summed E-state index contributed by atoms with van der Waals surface area (Å²) in [5.41, 5.74) is 2.41. The van der Waals surface area contributed by atoms with Crippen molar-refractivity contribution >= 4 is 39.6 Å². The summed E-state index contributed by atoms with van der Waals surface area (Å²) in [7, 11) is 0. The molecule has 3 heterocycles. The molecule has 1 aromatic carbocycles. The summed E-state index contributed by atoms with van der Waals surface area (Å²) in [4.78, 5) is 31.7. The van der Waals surface area contributed by atoms with Crippen molar-refractivity contribution in [2.24, 2.45) is 0 Å². The molecule has 2 aromatic heterocycles. The van der Waals surface area contributed by atoms with Gasteiger partial charge in [0, 0.05) is 30.5 Å². The van der Waals surface area contributed by atoms with E-state index in [1.54, 1.807) is 17.4 Å². The third-order valence-electron chi connectivity index (χ3n) is 4.23. The van der Waals surface area contributed by atoms with Crippen LogP contribution in [-0.2, 0) is 11.3 Å². The summed E-state index contributed by atoms with van der Waals surface area (Å²) < 4.78 is 0. The fourth-order valence-corrected chi connectivity index (χ4v) is 4.41. The van der Waals surface area contributed by atoms with Crippen LogP contribution in [0.3, 0.4) is 0 Å². The lowest BCUT2D eigenvalue weighted by molar-refractivity contribution is -0.128. The van der Waals surface area contributed by atoms with Crippen LogP contribution < -0.4 is 5.32 Å². The Hall–Kier alpha value is -2.51. The molecule has 0 atom stereocenters. The van der Waals surface area contributed by atoms with E-state index in [1.807, 2.05) is 46.0 Å². The van der Waals surface area contributed by atoms with Gasteiger partial charge in [0.25, 0.3) is 5.91 Å². The van der Waals surface area contributed by atoms with Crippen molar-refractivity contribution in [2.75, 3.05) is 11.9 Å². The molecule has 0 aliphatic carbocycles. The number of thiophene rings is 1. The van der Waals surface area contributed by atoms with E-state index in [1.165, 1.54) is 11.3 Å². The summed E-state index contributed by atoms with van der Waals surface area (Å²) in [6, 6.07) is 11.4. The van der Waals surface area contributed by atoms with Crippen molar-refractivity contribution in [1.82, 2.24) is 9.88 Å². The van der Waals surface area contributed by atoms with Crippen LogP contribution in [0.5, 0.6) is 0 Å². The number of amides is 2. The summed E-state index contributed by atoms with van der Waals surface area (Å²) in [6.07, 6.45) is 1.53. The topological polar surface area (TPSA) is 62.3 Å². The second-order valence-corrected chi connectivity index (χ2v) is 7.89. The summed E-state index contributed by atoms with van der Waals surface area (Å²) in [5, 5.41) is 7.39. The molecule has 26 heavy (non-hydrogen) atoms. The third kappa shape index (κ3) is 3.68. The quantitative estimate of drug-likeness (QED) is 0.717. The minimum atomic E-state index is -0.188. The molecule has 0 saturated carbocycles. The van der Waals surface area contributed by atoms with Gasteiger partial charge >= 0.3 is 0 Å². The van der Waals surface area contributed by atoms with Crippen molar-refractivity contribution < 1.29 is 9.59 Å². The van der Waals surface area contributed by atoms with Gasteiger partial charge in [-0.15, -0.1) is 22.7 Å². The smallest absolute Gasteiger partial charge is 0.257 e. The molecule has 0 unspecified atom stereocenters. The van der Waals surface area contributed by atoms with Gasteiger partial charge in [-0.1, -0.05) is 18.2 Å². The van der Waals surface area contributed by atoms with Crippen molar-refractivity contribution in [2.45, 2.75) is 19.4 Å². The number of benzene rings is 1. The third-order valence-corrected chi connectivity index (χ3v) is 5.88. The SMILES string of the molecule is O=C(Nc1nc(-c2cccs2)cs1)c1cccc(CN2CCCC2=O)c1. The molecular weight excluding hydrogens is 366 g/mol. The molecule has 1 fully saturated rings. The molecule has 3 aromatic rings. The van der Waals surface area contributed by atoms with Gasteiger partial charge in [-0.3, -0.25) is 14.9 Å². The van der Waals surface area contributed by atoms with E-state index in [9.17, 15) is 9.59 Å². The number of aromatic nitrogens is 1. The van der Waals surface area contributed by atoms with E-state index in [-0.39, 0.29) is 11.8 Å². The number of hydrogen-bond acceptors (Lipinski definition) is 5. The molecule has 1 saturated heterocycles. The molecular formula is C19H17N3O2S2. The van der Waals surface area contributed by atoms with Crippen molar-refractivity contribution in [1.29, 1.82) is 0 Å². The molecule has 1 N–H and O–H groups in total. The Balaban J connectivity index is 1.45. The van der Waals surface area contributed by atoms with Gasteiger partial charge in [0.15, 0.2) is 5.13 Å². The number of likely N-dealkylation sites (tertiary alicyclic amines) is 1. The van der Waals surface area contributed by atoms with Crippen LogP contribution in [-0.4, -0.2) is 28.2 Å². The number of carbonyl (C=O) groups excluding carboxylic acids is 2. The fraction of sp³-hybridized carbons (Fsp3) is 0.211. The lowest BCUT2D eigenvalue weighted by Crippen LogP contribution is -2.24. The minimum absolute atomic E-state index is 0.184. The first-order valence-electron chi connectivity index (χ1n) is 8.36. The van der Waals surface area contributed by atoms with Crippen molar-refractivity contribution in [3.8, 4) is 10.6 Å². The van der Waals surface area contributed by atoms with E-state index in [0.29, 0.717) is 23.7 Å². The Kier molecular flexibility index (Phi) is 4.81. The fourth-order valence-electron chi connectivity index (χ4n) is 2.94. The second kappa shape index (κ2) is 7.39. The molecule has 2 amide bonds. The van der Waals surface area contributed by atoms with E-state index < -0.39 is 0 Å². The maximum Gasteiger partial charge on any atom is 0.257 e. The summed E-state index contributed by atoms with van der Waals surface area (Å²) >= 11 is 3.03. The van der Waals surface area contributed by atoms with Crippen LogP contribution in [0.25, 0.3) is 10.6 Å². The number of carbonyl (C=O) groups is 2. The first kappa shape index (κ1) is 16.9. The van der Waals surface area contributed by atoms with Crippen LogP contribution in [0.1, 0.15) is 28.8 Å². The molecule has 0 bridgehead atoms. The predicted molar refractivity (Wildman–Crippen MR) is 104 cm³/mol. The van der Waals surface area contributed by atoms with Gasteiger partial charge < -0.3 is 4.90 Å². The lowest BCUT2D eigenvalue weighted by Gasteiger charge is -2.15. The standard InChI is InChI=1S/C19H17N3O2S2/c23-17-7-2-8-22(17)11-13-4-1-5-14(10-13)18(24)21-19-20-15(12-26-19)16-6-3-9-25-16/h1,3-6,9-10,12H,2,7-8,11H2,(H,20,21,24). The van der Waals surface area contributed by atoms with E-state index >= 15 is 0 Å². The molecule has 132 valence electrons. The first-order valence-corrected chi connectivity index (χ1v) is 10.1. The molecule has 0 radical (unpaired) electrons. The Morgan fingerprint density at radius 2 is 2.15 bits per heavy atom. The van der Waals surface area contributed by atoms with Gasteiger partial charge in [-0.2, -0.15) is 0 Å². The van der Waals surface area contributed by atoms with Gasteiger partial charge in [-0.05, 0) is 35.6 Å². The van der Waals surface area contributed by atoms with Gasteiger partial charge in [0.1, 0.15) is 0 Å². The monoisotopic (exact) mass is 383 g/mol. The Labute approximate surface area is 159 Å². The normalized spacial score (nSPS) is 14.0. The highest BCUT2D eigenvalue weighted by atomic mass is 32.1. The van der Waals surface area contributed by atoms with Crippen LogP contribution >= 0.6 is 22.7 Å². The highest BCUT2D eigenvalue weighted by molar-refractivity contribution is 7.16. The summed E-state index contributed by atoms with van der Waals surface area (Å²) in [5.74, 6) is -0.00424. The Morgan fingerprint density at radius 1 is 1.23 bits per heavy atom. The van der Waals surface area contributed by atoms with Crippen molar-refractivity contribution in [3.05, 3.63) is 58.3 Å². The highest BCUT2D eigenvalue weighted by Gasteiger charge is 2.20.